The molecule has 1 aromatic heterocycles. The van der Waals surface area contributed by atoms with Crippen molar-refractivity contribution in [1.29, 1.82) is 0 Å². The summed E-state index contributed by atoms with van der Waals surface area (Å²) >= 11 is 1.26. The van der Waals surface area contributed by atoms with Crippen LogP contribution in [0.15, 0.2) is 33.9 Å². The van der Waals surface area contributed by atoms with Gasteiger partial charge < -0.3 is 14.4 Å². The Morgan fingerprint density at radius 2 is 1.96 bits per heavy atom. The minimum atomic E-state index is 0.0938. The van der Waals surface area contributed by atoms with Gasteiger partial charge in [0.2, 0.25) is 11.8 Å². The van der Waals surface area contributed by atoms with Crippen LogP contribution < -0.4 is 0 Å². The normalized spacial score (nSPS) is 15.4. The fraction of sp³-hybridized carbons (Fsp3) is 0.471. The van der Waals surface area contributed by atoms with E-state index in [2.05, 4.69) is 10.2 Å². The number of thioether (sulfide) groups is 1. The average molecular weight is 347 g/mol. The molecule has 6 nitrogen and oxygen atoms in total. The smallest absolute Gasteiger partial charge is 0.277 e. The molecule has 0 saturated heterocycles. The Morgan fingerprint density at radius 1 is 1.25 bits per heavy atom. The third-order valence-electron chi connectivity index (χ3n) is 4.36. The zero-order valence-corrected chi connectivity index (χ0v) is 14.5. The van der Waals surface area contributed by atoms with Crippen molar-refractivity contribution >= 4 is 17.7 Å². The van der Waals surface area contributed by atoms with Gasteiger partial charge in [-0.3, -0.25) is 4.79 Å². The van der Waals surface area contributed by atoms with Crippen molar-refractivity contribution in [3.05, 3.63) is 24.3 Å². The molecule has 0 atom stereocenters. The number of carbonyl (C=O) groups is 1. The van der Waals surface area contributed by atoms with E-state index < -0.39 is 0 Å². The number of aromatic hydroxyl groups is 1. The summed E-state index contributed by atoms with van der Waals surface area (Å²) in [4.78, 5) is 14.2. The van der Waals surface area contributed by atoms with Crippen molar-refractivity contribution < 1.29 is 14.3 Å². The molecule has 0 spiro atoms. The van der Waals surface area contributed by atoms with Gasteiger partial charge in [0.1, 0.15) is 5.75 Å². The maximum absolute atomic E-state index is 12.3. The molecule has 0 radical (unpaired) electrons. The number of nitrogens with zero attached hydrogens (tertiary/aromatic N) is 3. The van der Waals surface area contributed by atoms with E-state index >= 15 is 0 Å². The van der Waals surface area contributed by atoms with E-state index in [1.807, 2.05) is 11.9 Å². The first-order chi connectivity index (χ1) is 11.6. The highest BCUT2D eigenvalue weighted by atomic mass is 32.2. The maximum Gasteiger partial charge on any atom is 0.277 e. The van der Waals surface area contributed by atoms with Gasteiger partial charge in [-0.05, 0) is 37.1 Å². The fourth-order valence-electron chi connectivity index (χ4n) is 2.89. The minimum Gasteiger partial charge on any atom is -0.508 e. The van der Waals surface area contributed by atoms with Crippen molar-refractivity contribution in [2.24, 2.45) is 0 Å². The summed E-state index contributed by atoms with van der Waals surface area (Å²) < 4.78 is 5.57. The van der Waals surface area contributed by atoms with Crippen LogP contribution in [0.4, 0.5) is 0 Å². The standard InChI is InChI=1S/C17H21N3O3S/c1-20(13-5-3-2-4-6-13)15(22)11-24-17-19-18-16(23-17)12-7-9-14(21)10-8-12/h7-10,13,21H,2-6,11H2,1H3. The molecule has 1 aliphatic carbocycles. The van der Waals surface area contributed by atoms with E-state index in [0.717, 1.165) is 18.4 Å². The van der Waals surface area contributed by atoms with Crippen LogP contribution in [-0.2, 0) is 4.79 Å². The molecule has 0 aliphatic heterocycles. The minimum absolute atomic E-state index is 0.0938. The number of aromatic nitrogens is 2. The topological polar surface area (TPSA) is 79.5 Å². The third kappa shape index (κ3) is 4.08. The van der Waals surface area contributed by atoms with Crippen LogP contribution >= 0.6 is 11.8 Å². The number of rotatable bonds is 5. The van der Waals surface area contributed by atoms with E-state index in [4.69, 9.17) is 4.42 Å². The first-order valence-corrected chi connectivity index (χ1v) is 9.13. The summed E-state index contributed by atoms with van der Waals surface area (Å²) in [5, 5.41) is 17.6. The van der Waals surface area contributed by atoms with Gasteiger partial charge in [-0.1, -0.05) is 31.0 Å². The Labute approximate surface area is 145 Å². The molecule has 128 valence electrons. The lowest BCUT2D eigenvalue weighted by Gasteiger charge is -2.31. The van der Waals surface area contributed by atoms with Gasteiger partial charge >= 0.3 is 0 Å². The molecule has 0 unspecified atom stereocenters. The number of hydrogen-bond acceptors (Lipinski definition) is 6. The maximum atomic E-state index is 12.3. The lowest BCUT2D eigenvalue weighted by atomic mass is 9.94. The van der Waals surface area contributed by atoms with E-state index in [1.165, 1.54) is 31.0 Å². The van der Waals surface area contributed by atoms with Gasteiger partial charge in [0.05, 0.1) is 5.75 Å². The van der Waals surface area contributed by atoms with Crippen molar-refractivity contribution in [1.82, 2.24) is 15.1 Å². The molecule has 1 aromatic carbocycles. The van der Waals surface area contributed by atoms with Crippen LogP contribution in [0.3, 0.4) is 0 Å². The summed E-state index contributed by atoms with van der Waals surface area (Å²) in [7, 11) is 1.88. The van der Waals surface area contributed by atoms with Crippen molar-refractivity contribution in [3.63, 3.8) is 0 Å². The monoisotopic (exact) mass is 347 g/mol. The largest absolute Gasteiger partial charge is 0.508 e. The number of phenolic OH excluding ortho intramolecular Hbond substituents is 1. The zero-order chi connectivity index (χ0) is 16.9. The summed E-state index contributed by atoms with van der Waals surface area (Å²) in [5.41, 5.74) is 0.734. The van der Waals surface area contributed by atoms with Gasteiger partial charge in [0.25, 0.3) is 5.22 Å². The van der Waals surface area contributed by atoms with Crippen molar-refractivity contribution in [3.8, 4) is 17.2 Å². The van der Waals surface area contributed by atoms with Gasteiger partial charge in [-0.2, -0.15) is 0 Å². The Hall–Kier alpha value is -2.02. The SMILES string of the molecule is CN(C(=O)CSc1nnc(-c2ccc(O)cc2)o1)C1CCCCC1. The van der Waals surface area contributed by atoms with Gasteiger partial charge in [0, 0.05) is 18.7 Å². The van der Waals surface area contributed by atoms with Gasteiger partial charge in [-0.25, -0.2) is 0 Å². The second-order valence-corrected chi connectivity index (χ2v) is 6.93. The molecule has 3 rings (SSSR count). The van der Waals surface area contributed by atoms with E-state index in [9.17, 15) is 9.90 Å². The molecule has 7 heteroatoms. The van der Waals surface area contributed by atoms with Crippen molar-refractivity contribution in [2.45, 2.75) is 43.4 Å². The summed E-state index contributed by atoms with van der Waals surface area (Å²) in [6.07, 6.45) is 5.87. The van der Waals surface area contributed by atoms with E-state index in [1.54, 1.807) is 24.3 Å². The number of benzene rings is 1. The van der Waals surface area contributed by atoms with Gasteiger partial charge in [-0.15, -0.1) is 10.2 Å². The van der Waals surface area contributed by atoms with Crippen LogP contribution in [0.5, 0.6) is 5.75 Å². The lowest BCUT2D eigenvalue weighted by Crippen LogP contribution is -2.39. The highest BCUT2D eigenvalue weighted by molar-refractivity contribution is 7.99. The fourth-order valence-corrected chi connectivity index (χ4v) is 3.57. The predicted octanol–water partition coefficient (Wildman–Crippen LogP) is 3.33. The van der Waals surface area contributed by atoms with Crippen LogP contribution in [0.1, 0.15) is 32.1 Å². The van der Waals surface area contributed by atoms with Gasteiger partial charge in [0.15, 0.2) is 0 Å². The molecule has 24 heavy (non-hydrogen) atoms. The third-order valence-corrected chi connectivity index (χ3v) is 5.16. The number of hydrogen-bond donors (Lipinski definition) is 1. The predicted molar refractivity (Wildman–Crippen MR) is 91.8 cm³/mol. The Bertz CT molecular complexity index is 681. The molecule has 1 N–H and O–H groups in total. The summed E-state index contributed by atoms with van der Waals surface area (Å²) in [6.45, 7) is 0. The summed E-state index contributed by atoms with van der Waals surface area (Å²) in [6, 6.07) is 6.91. The molecule has 1 amide bonds. The highest BCUT2D eigenvalue weighted by Crippen LogP contribution is 2.26. The molecule has 1 aliphatic rings. The molecular formula is C17H21N3O3S. The first kappa shape index (κ1) is 16.8. The van der Waals surface area contributed by atoms with E-state index in [-0.39, 0.29) is 11.7 Å². The highest BCUT2D eigenvalue weighted by Gasteiger charge is 2.22. The number of phenols is 1. The Morgan fingerprint density at radius 3 is 2.67 bits per heavy atom. The Balaban J connectivity index is 1.55. The summed E-state index contributed by atoms with van der Waals surface area (Å²) in [5.74, 6) is 0.954. The average Bonchev–Trinajstić information content (AvgIpc) is 3.09. The van der Waals surface area contributed by atoms with Crippen molar-refractivity contribution in [2.75, 3.05) is 12.8 Å². The second kappa shape index (κ2) is 7.70. The quantitative estimate of drug-likeness (QED) is 0.836. The number of amides is 1. The van der Waals surface area contributed by atoms with Crippen LogP contribution in [-0.4, -0.2) is 45.0 Å². The van der Waals surface area contributed by atoms with Crippen LogP contribution in [0, 0.1) is 0 Å². The molecule has 1 heterocycles. The van der Waals surface area contributed by atoms with Crippen LogP contribution in [0.25, 0.3) is 11.5 Å². The first-order valence-electron chi connectivity index (χ1n) is 8.15. The molecule has 2 aromatic rings. The molecule has 1 saturated carbocycles. The van der Waals surface area contributed by atoms with E-state index in [0.29, 0.717) is 22.9 Å². The number of carbonyl (C=O) groups excluding carboxylic acids is 1. The molecule has 0 bridgehead atoms. The lowest BCUT2D eigenvalue weighted by molar-refractivity contribution is -0.129. The zero-order valence-electron chi connectivity index (χ0n) is 13.6. The second-order valence-electron chi connectivity index (χ2n) is 6.01. The molecular weight excluding hydrogens is 326 g/mol. The Kier molecular flexibility index (Phi) is 5.40. The molecule has 1 fully saturated rings. The van der Waals surface area contributed by atoms with Crippen LogP contribution in [0.2, 0.25) is 0 Å².